The van der Waals surface area contributed by atoms with Crippen molar-refractivity contribution in [3.63, 3.8) is 0 Å². The van der Waals surface area contributed by atoms with Crippen molar-refractivity contribution in [1.82, 2.24) is 14.5 Å². The molecule has 2 aromatic heterocycles. The van der Waals surface area contributed by atoms with Crippen molar-refractivity contribution in [2.45, 2.75) is 32.7 Å². The molecule has 0 unspecified atom stereocenters. The van der Waals surface area contributed by atoms with Crippen molar-refractivity contribution < 1.29 is 4.39 Å². The molecule has 1 fully saturated rings. The van der Waals surface area contributed by atoms with Crippen molar-refractivity contribution in [3.8, 4) is 11.1 Å². The highest BCUT2D eigenvalue weighted by Crippen LogP contribution is 2.27. The Hall–Kier alpha value is -3.74. The molecule has 0 radical (unpaired) electrons. The van der Waals surface area contributed by atoms with Gasteiger partial charge in [-0.1, -0.05) is 30.3 Å². The van der Waals surface area contributed by atoms with E-state index in [1.807, 2.05) is 49.4 Å². The first-order chi connectivity index (χ1) is 16.1. The van der Waals surface area contributed by atoms with E-state index in [0.29, 0.717) is 35.1 Å². The van der Waals surface area contributed by atoms with Gasteiger partial charge in [0.25, 0.3) is 5.56 Å². The Balaban J connectivity index is 1.47. The number of rotatable bonds is 5. The third kappa shape index (κ3) is 4.18. The fraction of sp³-hybridized carbons (Fsp3) is 0.269. The third-order valence-electron chi connectivity index (χ3n) is 6.13. The molecule has 3 heterocycles. The summed E-state index contributed by atoms with van der Waals surface area (Å²) in [6, 6.07) is 16.5. The molecule has 1 saturated heterocycles. The standard InChI is InChI=1S/C26H26FN5O/c1-2-32-24-19(15-21(25(32)33)18-9-5-3-6-10-18)17-28-26(30-24)29-20-11-12-23(22(27)16-20)31-13-7-4-8-14-31/h3,5-6,9-12,15-17H,2,4,7-8,13-14H2,1H3,(H,28,29,30). The predicted molar refractivity (Wildman–Crippen MR) is 131 cm³/mol. The number of piperidine rings is 1. The van der Waals surface area contributed by atoms with E-state index >= 15 is 0 Å². The summed E-state index contributed by atoms with van der Waals surface area (Å²) in [7, 11) is 0. The number of hydrogen-bond donors (Lipinski definition) is 1. The minimum Gasteiger partial charge on any atom is -0.369 e. The Morgan fingerprint density at radius 1 is 1.03 bits per heavy atom. The number of fused-ring (bicyclic) bond motifs is 1. The Kier molecular flexibility index (Phi) is 5.77. The van der Waals surface area contributed by atoms with Crippen molar-refractivity contribution in [3.05, 3.63) is 77.0 Å². The van der Waals surface area contributed by atoms with Gasteiger partial charge in [0.05, 0.1) is 5.69 Å². The summed E-state index contributed by atoms with van der Waals surface area (Å²) in [5.41, 5.74) is 3.12. The van der Waals surface area contributed by atoms with E-state index in [1.54, 1.807) is 16.8 Å². The number of pyridine rings is 1. The molecule has 1 aliphatic rings. The molecular weight excluding hydrogens is 417 g/mol. The molecule has 168 valence electrons. The van der Waals surface area contributed by atoms with Crippen LogP contribution in [-0.2, 0) is 6.54 Å². The molecule has 2 aromatic carbocycles. The Morgan fingerprint density at radius 3 is 2.55 bits per heavy atom. The van der Waals surface area contributed by atoms with E-state index in [9.17, 15) is 9.18 Å². The van der Waals surface area contributed by atoms with E-state index in [2.05, 4.69) is 20.2 Å². The van der Waals surface area contributed by atoms with Crippen LogP contribution >= 0.6 is 0 Å². The van der Waals surface area contributed by atoms with Crippen molar-refractivity contribution in [2.75, 3.05) is 23.3 Å². The van der Waals surface area contributed by atoms with Gasteiger partial charge in [-0.2, -0.15) is 4.98 Å². The summed E-state index contributed by atoms with van der Waals surface area (Å²) in [5, 5.41) is 3.86. The lowest BCUT2D eigenvalue weighted by atomic mass is 10.1. The second-order valence-corrected chi connectivity index (χ2v) is 8.28. The quantitative estimate of drug-likeness (QED) is 0.450. The highest BCUT2D eigenvalue weighted by atomic mass is 19.1. The van der Waals surface area contributed by atoms with Gasteiger partial charge in [-0.05, 0) is 56.0 Å². The molecule has 1 aliphatic heterocycles. The normalized spacial score (nSPS) is 13.9. The largest absolute Gasteiger partial charge is 0.369 e. The fourth-order valence-electron chi connectivity index (χ4n) is 4.44. The van der Waals surface area contributed by atoms with Gasteiger partial charge in [-0.15, -0.1) is 0 Å². The van der Waals surface area contributed by atoms with E-state index < -0.39 is 0 Å². The SMILES string of the molecule is CCn1c(=O)c(-c2ccccc2)cc2cnc(Nc3ccc(N4CCCCC4)c(F)c3)nc21. The Morgan fingerprint density at radius 2 is 1.82 bits per heavy atom. The Bertz CT molecular complexity index is 1350. The number of aromatic nitrogens is 3. The average molecular weight is 444 g/mol. The number of nitrogens with zero attached hydrogens (tertiary/aromatic N) is 4. The van der Waals surface area contributed by atoms with Gasteiger partial charge in [-0.25, -0.2) is 9.37 Å². The van der Waals surface area contributed by atoms with Crippen molar-refractivity contribution in [2.24, 2.45) is 0 Å². The van der Waals surface area contributed by atoms with Crippen LogP contribution in [0, 0.1) is 5.82 Å². The van der Waals surface area contributed by atoms with Crippen LogP contribution in [0.3, 0.4) is 0 Å². The number of anilines is 3. The highest BCUT2D eigenvalue weighted by Gasteiger charge is 2.16. The van der Waals surface area contributed by atoms with Gasteiger partial charge in [-0.3, -0.25) is 9.36 Å². The molecular formula is C26H26FN5O. The molecule has 0 spiro atoms. The van der Waals surface area contributed by atoms with E-state index in [1.165, 1.54) is 12.5 Å². The van der Waals surface area contributed by atoms with Crippen LogP contribution in [0.2, 0.25) is 0 Å². The molecule has 1 N–H and O–H groups in total. The van der Waals surface area contributed by atoms with Crippen LogP contribution in [0.15, 0.2) is 65.6 Å². The second kappa shape index (κ2) is 9.02. The molecule has 0 amide bonds. The van der Waals surface area contributed by atoms with Crippen LogP contribution in [0.1, 0.15) is 26.2 Å². The van der Waals surface area contributed by atoms with Gasteiger partial charge >= 0.3 is 0 Å². The van der Waals surface area contributed by atoms with Gasteiger partial charge < -0.3 is 10.2 Å². The van der Waals surface area contributed by atoms with Gasteiger partial charge in [0.15, 0.2) is 0 Å². The molecule has 0 aliphatic carbocycles. The maximum Gasteiger partial charge on any atom is 0.260 e. The zero-order chi connectivity index (χ0) is 22.8. The molecule has 33 heavy (non-hydrogen) atoms. The van der Waals surface area contributed by atoms with E-state index in [0.717, 1.165) is 36.9 Å². The van der Waals surface area contributed by atoms with Gasteiger partial charge in [0, 0.05) is 42.5 Å². The van der Waals surface area contributed by atoms with Crippen LogP contribution in [0.4, 0.5) is 21.7 Å². The molecule has 7 heteroatoms. The average Bonchev–Trinajstić information content (AvgIpc) is 2.85. The first kappa shape index (κ1) is 21.1. The third-order valence-corrected chi connectivity index (χ3v) is 6.13. The summed E-state index contributed by atoms with van der Waals surface area (Å²) in [4.78, 5) is 24.2. The fourth-order valence-corrected chi connectivity index (χ4v) is 4.44. The summed E-state index contributed by atoms with van der Waals surface area (Å²) < 4.78 is 16.4. The van der Waals surface area contributed by atoms with E-state index in [4.69, 9.17) is 0 Å². The first-order valence-electron chi connectivity index (χ1n) is 11.4. The summed E-state index contributed by atoms with van der Waals surface area (Å²) in [6.45, 7) is 4.17. The summed E-state index contributed by atoms with van der Waals surface area (Å²) >= 11 is 0. The Labute approximate surface area is 191 Å². The number of halogens is 1. The zero-order valence-corrected chi connectivity index (χ0v) is 18.6. The van der Waals surface area contributed by atoms with Crippen LogP contribution in [0.5, 0.6) is 0 Å². The first-order valence-corrected chi connectivity index (χ1v) is 11.4. The maximum absolute atomic E-state index is 14.8. The minimum absolute atomic E-state index is 0.0993. The van der Waals surface area contributed by atoms with Gasteiger partial charge in [0.1, 0.15) is 11.5 Å². The van der Waals surface area contributed by atoms with E-state index in [-0.39, 0.29) is 11.4 Å². The van der Waals surface area contributed by atoms with Crippen LogP contribution < -0.4 is 15.8 Å². The molecule has 4 aromatic rings. The number of hydrogen-bond acceptors (Lipinski definition) is 5. The lowest BCUT2D eigenvalue weighted by Crippen LogP contribution is -2.30. The zero-order valence-electron chi connectivity index (χ0n) is 18.6. The minimum atomic E-state index is -0.263. The topological polar surface area (TPSA) is 63.1 Å². The summed E-state index contributed by atoms with van der Waals surface area (Å²) in [5.74, 6) is 0.0577. The molecule has 0 bridgehead atoms. The maximum atomic E-state index is 14.8. The van der Waals surface area contributed by atoms with Crippen LogP contribution in [0.25, 0.3) is 22.2 Å². The predicted octanol–water partition coefficient (Wildman–Crippen LogP) is 5.35. The highest BCUT2D eigenvalue weighted by molar-refractivity contribution is 5.81. The lowest BCUT2D eigenvalue weighted by Gasteiger charge is -2.29. The number of aryl methyl sites for hydroxylation is 1. The smallest absolute Gasteiger partial charge is 0.260 e. The van der Waals surface area contributed by atoms with Crippen LogP contribution in [-0.4, -0.2) is 27.6 Å². The number of benzene rings is 2. The molecule has 6 nitrogen and oxygen atoms in total. The molecule has 0 saturated carbocycles. The molecule has 0 atom stereocenters. The molecule has 5 rings (SSSR count). The van der Waals surface area contributed by atoms with Gasteiger partial charge in [0.2, 0.25) is 5.95 Å². The second-order valence-electron chi connectivity index (χ2n) is 8.28. The summed E-state index contributed by atoms with van der Waals surface area (Å²) in [6.07, 6.45) is 5.08. The van der Waals surface area contributed by atoms with Crippen molar-refractivity contribution in [1.29, 1.82) is 0 Å². The monoisotopic (exact) mass is 443 g/mol. The van der Waals surface area contributed by atoms with Crippen molar-refractivity contribution >= 4 is 28.4 Å². The lowest BCUT2D eigenvalue weighted by molar-refractivity contribution is 0.557. The number of nitrogens with one attached hydrogen (secondary N) is 1.